The molecule has 0 bridgehead atoms. The van der Waals surface area contributed by atoms with E-state index in [0.29, 0.717) is 6.04 Å². The van der Waals surface area contributed by atoms with Crippen LogP contribution in [0.5, 0.6) is 5.75 Å². The van der Waals surface area contributed by atoms with E-state index in [0.717, 1.165) is 17.7 Å². The van der Waals surface area contributed by atoms with E-state index in [2.05, 4.69) is 18.3 Å². The molecule has 1 unspecified atom stereocenters. The summed E-state index contributed by atoms with van der Waals surface area (Å²) >= 11 is 0. The highest BCUT2D eigenvalue weighted by Gasteiger charge is 2.29. The lowest BCUT2D eigenvalue weighted by Gasteiger charge is -2.33. The normalized spacial score (nSPS) is 19.3. The first-order valence-electron chi connectivity index (χ1n) is 7.17. The zero-order chi connectivity index (χ0) is 13.7. The van der Waals surface area contributed by atoms with E-state index in [9.17, 15) is 5.11 Å². The predicted octanol–water partition coefficient (Wildman–Crippen LogP) is 2.52. The van der Waals surface area contributed by atoms with Crippen molar-refractivity contribution in [2.24, 2.45) is 0 Å². The Morgan fingerprint density at radius 1 is 1.32 bits per heavy atom. The summed E-state index contributed by atoms with van der Waals surface area (Å²) in [6.07, 6.45) is 5.83. The second-order valence-electron chi connectivity index (χ2n) is 5.83. The van der Waals surface area contributed by atoms with Gasteiger partial charge in [0.05, 0.1) is 13.7 Å². The minimum Gasteiger partial charge on any atom is -0.496 e. The molecule has 1 saturated carbocycles. The minimum atomic E-state index is -0.274. The van der Waals surface area contributed by atoms with E-state index in [4.69, 9.17) is 4.74 Å². The van der Waals surface area contributed by atoms with Crippen LogP contribution in [-0.4, -0.2) is 30.4 Å². The minimum absolute atomic E-state index is 0.140. The summed E-state index contributed by atoms with van der Waals surface area (Å²) in [5.74, 6) is 0.899. The molecule has 0 aliphatic heterocycles. The summed E-state index contributed by atoms with van der Waals surface area (Å²) in [7, 11) is 1.69. The third kappa shape index (κ3) is 3.71. The topological polar surface area (TPSA) is 41.5 Å². The lowest BCUT2D eigenvalue weighted by atomic mass is 9.92. The summed E-state index contributed by atoms with van der Waals surface area (Å²) in [5.41, 5.74) is 0.871. The van der Waals surface area contributed by atoms with Gasteiger partial charge in [0.2, 0.25) is 0 Å². The number of aliphatic hydroxyl groups excluding tert-OH is 1. The Morgan fingerprint density at radius 3 is 2.63 bits per heavy atom. The van der Waals surface area contributed by atoms with Crippen molar-refractivity contribution in [3.05, 3.63) is 29.8 Å². The first-order valence-corrected chi connectivity index (χ1v) is 7.17. The Balaban J connectivity index is 2.07. The van der Waals surface area contributed by atoms with Gasteiger partial charge in [0.15, 0.2) is 0 Å². The van der Waals surface area contributed by atoms with Crippen LogP contribution in [-0.2, 0) is 6.42 Å². The fourth-order valence-corrected chi connectivity index (χ4v) is 2.98. The molecule has 1 fully saturated rings. The third-order valence-electron chi connectivity index (χ3n) is 4.03. The molecule has 19 heavy (non-hydrogen) atoms. The zero-order valence-electron chi connectivity index (χ0n) is 12.0. The molecule has 3 heteroatoms. The average molecular weight is 263 g/mol. The van der Waals surface area contributed by atoms with Crippen LogP contribution in [0, 0.1) is 0 Å². The van der Waals surface area contributed by atoms with Gasteiger partial charge in [0.1, 0.15) is 5.75 Å². The number of methoxy groups -OCH3 is 1. The number of hydrogen-bond acceptors (Lipinski definition) is 3. The molecule has 0 amide bonds. The lowest BCUT2D eigenvalue weighted by molar-refractivity contribution is 0.159. The Labute approximate surface area is 116 Å². The summed E-state index contributed by atoms with van der Waals surface area (Å²) < 4.78 is 5.40. The van der Waals surface area contributed by atoms with Gasteiger partial charge >= 0.3 is 0 Å². The van der Waals surface area contributed by atoms with Crippen LogP contribution in [0.4, 0.5) is 0 Å². The molecule has 106 valence electrons. The smallest absolute Gasteiger partial charge is 0.122 e. The summed E-state index contributed by atoms with van der Waals surface area (Å²) in [5, 5.41) is 13.4. The van der Waals surface area contributed by atoms with Crippen LogP contribution in [0.3, 0.4) is 0 Å². The van der Waals surface area contributed by atoms with Gasteiger partial charge < -0.3 is 15.2 Å². The van der Waals surface area contributed by atoms with Crippen molar-refractivity contribution in [3.8, 4) is 5.75 Å². The van der Waals surface area contributed by atoms with Crippen molar-refractivity contribution in [3.63, 3.8) is 0 Å². The van der Waals surface area contributed by atoms with Gasteiger partial charge in [-0.05, 0) is 37.8 Å². The Kier molecular flexibility index (Phi) is 4.83. The van der Waals surface area contributed by atoms with Crippen LogP contribution in [0.15, 0.2) is 24.3 Å². The van der Waals surface area contributed by atoms with Crippen LogP contribution in [0.25, 0.3) is 0 Å². The molecule has 1 aliphatic rings. The van der Waals surface area contributed by atoms with Gasteiger partial charge in [-0.2, -0.15) is 0 Å². The first-order chi connectivity index (χ1) is 9.17. The number of para-hydroxylation sites is 1. The van der Waals surface area contributed by atoms with Crippen molar-refractivity contribution >= 4 is 0 Å². The molecule has 3 nitrogen and oxygen atoms in total. The van der Waals surface area contributed by atoms with Crippen LogP contribution in [0.1, 0.15) is 38.2 Å². The number of rotatable bonds is 6. The van der Waals surface area contributed by atoms with Crippen molar-refractivity contribution in [2.75, 3.05) is 13.7 Å². The molecule has 0 saturated heterocycles. The molecule has 1 aromatic rings. The SMILES string of the molecule is COc1ccccc1CC(C)(CO)NC1CCCC1. The van der Waals surface area contributed by atoms with Gasteiger partial charge in [-0.3, -0.25) is 0 Å². The number of ether oxygens (including phenoxy) is 1. The summed E-state index contributed by atoms with van der Waals surface area (Å²) in [6.45, 7) is 2.24. The molecule has 1 aromatic carbocycles. The zero-order valence-corrected chi connectivity index (χ0v) is 12.0. The molecule has 0 aromatic heterocycles. The largest absolute Gasteiger partial charge is 0.496 e. The fourth-order valence-electron chi connectivity index (χ4n) is 2.98. The second-order valence-corrected chi connectivity index (χ2v) is 5.83. The molecule has 1 atom stereocenters. The Morgan fingerprint density at radius 2 is 2.00 bits per heavy atom. The Bertz CT molecular complexity index is 401. The summed E-state index contributed by atoms with van der Waals surface area (Å²) in [4.78, 5) is 0. The first kappa shape index (κ1) is 14.4. The molecular weight excluding hydrogens is 238 g/mol. The molecule has 2 rings (SSSR count). The van der Waals surface area contributed by atoms with Crippen LogP contribution in [0.2, 0.25) is 0 Å². The third-order valence-corrected chi connectivity index (χ3v) is 4.03. The molecule has 1 aliphatic carbocycles. The highest BCUT2D eigenvalue weighted by molar-refractivity contribution is 5.34. The van der Waals surface area contributed by atoms with Gasteiger partial charge in [-0.15, -0.1) is 0 Å². The number of hydrogen-bond donors (Lipinski definition) is 2. The highest BCUT2D eigenvalue weighted by Crippen LogP contribution is 2.25. The predicted molar refractivity (Wildman–Crippen MR) is 77.6 cm³/mol. The van der Waals surface area contributed by atoms with E-state index in [1.165, 1.54) is 25.7 Å². The number of benzene rings is 1. The Hall–Kier alpha value is -1.06. The molecule has 0 radical (unpaired) electrons. The van der Waals surface area contributed by atoms with Crippen LogP contribution >= 0.6 is 0 Å². The number of aliphatic hydroxyl groups is 1. The standard InChI is InChI=1S/C16H25NO2/c1-16(12-18,17-14-8-4-5-9-14)11-13-7-3-6-10-15(13)19-2/h3,6-7,10,14,17-18H,4-5,8-9,11-12H2,1-2H3. The van der Waals surface area contributed by atoms with Crippen molar-refractivity contribution in [1.82, 2.24) is 5.32 Å². The van der Waals surface area contributed by atoms with Crippen molar-refractivity contribution < 1.29 is 9.84 Å². The molecule has 2 N–H and O–H groups in total. The maximum Gasteiger partial charge on any atom is 0.122 e. The molecular formula is C16H25NO2. The fraction of sp³-hybridized carbons (Fsp3) is 0.625. The van der Waals surface area contributed by atoms with E-state index in [-0.39, 0.29) is 12.1 Å². The van der Waals surface area contributed by atoms with E-state index < -0.39 is 0 Å². The van der Waals surface area contributed by atoms with E-state index >= 15 is 0 Å². The van der Waals surface area contributed by atoms with Crippen molar-refractivity contribution in [2.45, 2.75) is 50.6 Å². The number of nitrogens with one attached hydrogen (secondary N) is 1. The van der Waals surface area contributed by atoms with Gasteiger partial charge in [0, 0.05) is 11.6 Å². The quantitative estimate of drug-likeness (QED) is 0.828. The summed E-state index contributed by atoms with van der Waals surface area (Å²) in [6, 6.07) is 8.59. The highest BCUT2D eigenvalue weighted by atomic mass is 16.5. The van der Waals surface area contributed by atoms with Crippen molar-refractivity contribution in [1.29, 1.82) is 0 Å². The maximum atomic E-state index is 9.77. The molecule has 0 heterocycles. The van der Waals surface area contributed by atoms with E-state index in [1.807, 2.05) is 18.2 Å². The molecule has 0 spiro atoms. The van der Waals surface area contributed by atoms with E-state index in [1.54, 1.807) is 7.11 Å². The lowest BCUT2D eigenvalue weighted by Crippen LogP contribution is -2.51. The monoisotopic (exact) mass is 263 g/mol. The second kappa shape index (κ2) is 6.40. The maximum absolute atomic E-state index is 9.77. The average Bonchev–Trinajstić information content (AvgIpc) is 2.92. The van der Waals surface area contributed by atoms with Gasteiger partial charge in [-0.1, -0.05) is 31.0 Å². The van der Waals surface area contributed by atoms with Gasteiger partial charge in [-0.25, -0.2) is 0 Å². The van der Waals surface area contributed by atoms with Crippen LogP contribution < -0.4 is 10.1 Å². The van der Waals surface area contributed by atoms with Gasteiger partial charge in [0.25, 0.3) is 0 Å².